The van der Waals surface area contributed by atoms with Crippen molar-refractivity contribution < 1.29 is 4.79 Å². The van der Waals surface area contributed by atoms with E-state index in [-0.39, 0.29) is 5.91 Å². The topological polar surface area (TPSA) is 40.9 Å². The summed E-state index contributed by atoms with van der Waals surface area (Å²) >= 11 is 0. The van der Waals surface area contributed by atoms with Crippen molar-refractivity contribution in [3.63, 3.8) is 0 Å². The third kappa shape index (κ3) is 2.74. The SMILES string of the molecule is CC(=O)N1CCC[C@H]1[C@@H]1CCCN1Cc1cn2ccccc2n1. The summed E-state index contributed by atoms with van der Waals surface area (Å²) in [7, 11) is 0. The van der Waals surface area contributed by atoms with Crippen molar-refractivity contribution in [3.8, 4) is 0 Å². The standard InChI is InChI=1S/C18H24N4O/c1-14(23)22-11-5-7-17(22)16-6-4-10-20(16)12-15-13-21-9-3-2-8-18(21)19-15/h2-3,8-9,13,16-17H,4-7,10-12H2,1H3/t16-,17-/m0/s1. The molecule has 2 aliphatic rings. The molecule has 2 fully saturated rings. The Morgan fingerprint density at radius 2 is 2.04 bits per heavy atom. The van der Waals surface area contributed by atoms with Gasteiger partial charge in [-0.1, -0.05) is 6.07 Å². The Morgan fingerprint density at radius 3 is 2.87 bits per heavy atom. The number of fused-ring (bicyclic) bond motifs is 1. The Labute approximate surface area is 136 Å². The number of hydrogen-bond acceptors (Lipinski definition) is 3. The molecule has 0 saturated carbocycles. The quantitative estimate of drug-likeness (QED) is 0.873. The number of carbonyl (C=O) groups excluding carboxylic acids is 1. The van der Waals surface area contributed by atoms with E-state index >= 15 is 0 Å². The lowest BCUT2D eigenvalue weighted by Gasteiger charge is -2.34. The molecular weight excluding hydrogens is 288 g/mol. The summed E-state index contributed by atoms with van der Waals surface area (Å²) in [6.07, 6.45) is 8.88. The van der Waals surface area contributed by atoms with E-state index < -0.39 is 0 Å². The van der Waals surface area contributed by atoms with Gasteiger partial charge in [-0.05, 0) is 44.4 Å². The van der Waals surface area contributed by atoms with Crippen LogP contribution in [0.4, 0.5) is 0 Å². The van der Waals surface area contributed by atoms with E-state index in [9.17, 15) is 4.79 Å². The Morgan fingerprint density at radius 1 is 1.22 bits per heavy atom. The first-order chi connectivity index (χ1) is 11.2. The number of rotatable bonds is 3. The summed E-state index contributed by atoms with van der Waals surface area (Å²) < 4.78 is 2.08. The van der Waals surface area contributed by atoms with E-state index in [4.69, 9.17) is 4.98 Å². The molecule has 2 aromatic heterocycles. The molecule has 1 amide bonds. The van der Waals surface area contributed by atoms with Gasteiger partial charge < -0.3 is 9.30 Å². The third-order valence-corrected chi connectivity index (χ3v) is 5.34. The number of pyridine rings is 1. The monoisotopic (exact) mass is 312 g/mol. The van der Waals surface area contributed by atoms with Crippen molar-refractivity contribution >= 4 is 11.6 Å². The smallest absolute Gasteiger partial charge is 0.219 e. The van der Waals surface area contributed by atoms with E-state index in [1.54, 1.807) is 6.92 Å². The Balaban J connectivity index is 1.52. The molecule has 4 rings (SSSR count). The fourth-order valence-electron chi connectivity index (χ4n) is 4.34. The van der Waals surface area contributed by atoms with Crippen LogP contribution in [0, 0.1) is 0 Å². The van der Waals surface area contributed by atoms with Gasteiger partial charge in [-0.3, -0.25) is 9.69 Å². The van der Waals surface area contributed by atoms with Gasteiger partial charge in [0.1, 0.15) is 5.65 Å². The molecule has 0 aromatic carbocycles. The molecule has 122 valence electrons. The Kier molecular flexibility index (Phi) is 3.81. The zero-order valence-electron chi connectivity index (χ0n) is 13.7. The summed E-state index contributed by atoms with van der Waals surface area (Å²) in [5, 5.41) is 0. The first-order valence-electron chi connectivity index (χ1n) is 8.66. The van der Waals surface area contributed by atoms with Crippen LogP contribution in [-0.4, -0.2) is 50.3 Å². The van der Waals surface area contributed by atoms with Crippen molar-refractivity contribution in [2.45, 2.75) is 51.2 Å². The van der Waals surface area contributed by atoms with Crippen molar-refractivity contribution in [2.75, 3.05) is 13.1 Å². The highest BCUT2D eigenvalue weighted by atomic mass is 16.2. The number of likely N-dealkylation sites (tertiary alicyclic amines) is 2. The van der Waals surface area contributed by atoms with Crippen LogP contribution in [0.2, 0.25) is 0 Å². The predicted octanol–water partition coefficient (Wildman–Crippen LogP) is 2.31. The fourth-order valence-corrected chi connectivity index (χ4v) is 4.34. The highest BCUT2D eigenvalue weighted by Gasteiger charge is 2.38. The van der Waals surface area contributed by atoms with Gasteiger partial charge in [-0.2, -0.15) is 0 Å². The molecule has 0 spiro atoms. The number of hydrogen-bond donors (Lipinski definition) is 0. The Bertz CT molecular complexity index is 677. The van der Waals surface area contributed by atoms with Crippen LogP contribution in [0.15, 0.2) is 30.6 Å². The minimum Gasteiger partial charge on any atom is -0.338 e. The van der Waals surface area contributed by atoms with Gasteiger partial charge in [-0.25, -0.2) is 4.98 Å². The number of aromatic nitrogens is 2. The lowest BCUT2D eigenvalue weighted by atomic mass is 10.0. The van der Waals surface area contributed by atoms with E-state index in [1.165, 1.54) is 12.8 Å². The van der Waals surface area contributed by atoms with Gasteiger partial charge >= 0.3 is 0 Å². The zero-order valence-corrected chi connectivity index (χ0v) is 13.7. The van der Waals surface area contributed by atoms with E-state index in [0.717, 1.165) is 43.8 Å². The highest BCUT2D eigenvalue weighted by molar-refractivity contribution is 5.74. The van der Waals surface area contributed by atoms with Gasteiger partial charge in [0.15, 0.2) is 0 Å². The summed E-state index contributed by atoms with van der Waals surface area (Å²) in [6.45, 7) is 4.63. The van der Waals surface area contributed by atoms with Crippen molar-refractivity contribution in [1.82, 2.24) is 19.2 Å². The molecule has 2 aromatic rings. The second-order valence-electron chi connectivity index (χ2n) is 6.80. The van der Waals surface area contributed by atoms with Crippen molar-refractivity contribution in [2.24, 2.45) is 0 Å². The normalized spacial score (nSPS) is 25.5. The molecular formula is C18H24N4O. The number of carbonyl (C=O) groups is 1. The van der Waals surface area contributed by atoms with Gasteiger partial charge in [0.05, 0.1) is 5.69 Å². The summed E-state index contributed by atoms with van der Waals surface area (Å²) in [6, 6.07) is 6.98. The zero-order chi connectivity index (χ0) is 15.8. The molecule has 0 N–H and O–H groups in total. The minimum absolute atomic E-state index is 0.229. The first kappa shape index (κ1) is 14.7. The molecule has 5 nitrogen and oxygen atoms in total. The van der Waals surface area contributed by atoms with Crippen LogP contribution < -0.4 is 0 Å². The number of imidazole rings is 1. The first-order valence-corrected chi connectivity index (χ1v) is 8.66. The van der Waals surface area contributed by atoms with Crippen molar-refractivity contribution in [3.05, 3.63) is 36.3 Å². The van der Waals surface area contributed by atoms with Crippen LogP contribution in [0.5, 0.6) is 0 Å². The average molecular weight is 312 g/mol. The van der Waals surface area contributed by atoms with Crippen LogP contribution >= 0.6 is 0 Å². The second kappa shape index (κ2) is 5.96. The lowest BCUT2D eigenvalue weighted by Crippen LogP contribution is -2.47. The molecule has 23 heavy (non-hydrogen) atoms. The maximum Gasteiger partial charge on any atom is 0.219 e. The van der Waals surface area contributed by atoms with Crippen molar-refractivity contribution in [1.29, 1.82) is 0 Å². The maximum atomic E-state index is 11.9. The average Bonchev–Trinajstić information content (AvgIpc) is 3.25. The summed E-state index contributed by atoms with van der Waals surface area (Å²) in [5.41, 5.74) is 2.12. The van der Waals surface area contributed by atoms with Gasteiger partial charge in [-0.15, -0.1) is 0 Å². The number of nitrogens with zero attached hydrogens (tertiary/aromatic N) is 4. The molecule has 0 bridgehead atoms. The van der Waals surface area contributed by atoms with Crippen LogP contribution in [0.1, 0.15) is 38.3 Å². The van der Waals surface area contributed by atoms with E-state index in [0.29, 0.717) is 12.1 Å². The molecule has 0 radical (unpaired) electrons. The fraction of sp³-hybridized carbons (Fsp3) is 0.556. The minimum atomic E-state index is 0.229. The Hall–Kier alpha value is -1.88. The molecule has 2 aliphatic heterocycles. The molecule has 5 heteroatoms. The predicted molar refractivity (Wildman–Crippen MR) is 89.0 cm³/mol. The summed E-state index contributed by atoms with van der Waals surface area (Å²) in [5.74, 6) is 0.229. The van der Waals surface area contributed by atoms with Crippen LogP contribution in [-0.2, 0) is 11.3 Å². The number of amides is 1. The van der Waals surface area contributed by atoms with E-state index in [1.807, 2.05) is 24.4 Å². The second-order valence-corrected chi connectivity index (χ2v) is 6.80. The maximum absolute atomic E-state index is 11.9. The van der Waals surface area contributed by atoms with Crippen LogP contribution in [0.25, 0.3) is 5.65 Å². The third-order valence-electron chi connectivity index (χ3n) is 5.34. The van der Waals surface area contributed by atoms with Gasteiger partial charge in [0, 0.05) is 44.5 Å². The highest BCUT2D eigenvalue weighted by Crippen LogP contribution is 2.31. The van der Waals surface area contributed by atoms with Gasteiger partial charge in [0.2, 0.25) is 5.91 Å². The van der Waals surface area contributed by atoms with Gasteiger partial charge in [0.25, 0.3) is 0 Å². The molecule has 0 aliphatic carbocycles. The molecule has 2 saturated heterocycles. The molecule has 0 unspecified atom stereocenters. The van der Waals surface area contributed by atoms with Crippen LogP contribution in [0.3, 0.4) is 0 Å². The molecule has 2 atom stereocenters. The summed E-state index contributed by atoms with van der Waals surface area (Å²) in [4.78, 5) is 21.2. The molecule has 4 heterocycles. The largest absolute Gasteiger partial charge is 0.338 e. The van der Waals surface area contributed by atoms with E-state index in [2.05, 4.69) is 20.4 Å². The lowest BCUT2D eigenvalue weighted by molar-refractivity contribution is -0.130.